The van der Waals surface area contributed by atoms with Crippen molar-refractivity contribution in [3.05, 3.63) is 30.1 Å². The van der Waals surface area contributed by atoms with E-state index in [0.717, 1.165) is 50.5 Å². The Kier molecular flexibility index (Phi) is 11.6. The average Bonchev–Trinajstić information content (AvgIpc) is 2.77. The molecule has 6 nitrogen and oxygen atoms in total. The molecule has 0 aliphatic carbocycles. The maximum atomic E-state index is 12.6. The molecule has 0 N–H and O–H groups in total. The van der Waals surface area contributed by atoms with E-state index in [1.807, 2.05) is 39.8 Å². The predicted molar refractivity (Wildman–Crippen MR) is 117 cm³/mol. The maximum Gasteiger partial charge on any atom is 0.312 e. The number of nitrogens with zero attached hydrogens (tertiary/aromatic N) is 1. The first-order valence-electron chi connectivity index (χ1n) is 11.0. The van der Waals surface area contributed by atoms with Gasteiger partial charge >= 0.3 is 11.9 Å². The standard InChI is InChI=1S/C24H39NO5/c1-6-23(3,21(26)29-18-17-28-5)13-9-8-10-14-24(4,7-2)22(27)30-19-20-11-15-25-16-12-20/h11-12,15-16H,6-10,13-14,17-19H2,1-5H3. The van der Waals surface area contributed by atoms with Gasteiger partial charge in [-0.25, -0.2) is 0 Å². The fourth-order valence-corrected chi connectivity index (χ4v) is 3.25. The van der Waals surface area contributed by atoms with E-state index in [9.17, 15) is 9.59 Å². The van der Waals surface area contributed by atoms with Gasteiger partial charge in [0.25, 0.3) is 0 Å². The normalized spacial score (nSPS) is 15.1. The molecule has 1 rings (SSSR count). The molecule has 0 spiro atoms. The molecule has 2 atom stereocenters. The van der Waals surface area contributed by atoms with Crippen LogP contribution in [0.5, 0.6) is 0 Å². The average molecular weight is 422 g/mol. The summed E-state index contributed by atoms with van der Waals surface area (Å²) in [6, 6.07) is 3.70. The first-order valence-corrected chi connectivity index (χ1v) is 11.0. The van der Waals surface area contributed by atoms with Crippen LogP contribution in [-0.4, -0.2) is 37.2 Å². The highest BCUT2D eigenvalue weighted by Crippen LogP contribution is 2.33. The molecule has 0 bridgehead atoms. The number of esters is 2. The van der Waals surface area contributed by atoms with Gasteiger partial charge in [-0.1, -0.05) is 33.1 Å². The molecule has 0 fully saturated rings. The van der Waals surface area contributed by atoms with Crippen LogP contribution in [0.25, 0.3) is 0 Å². The van der Waals surface area contributed by atoms with Crippen LogP contribution in [0.15, 0.2) is 24.5 Å². The third kappa shape index (κ3) is 8.42. The quantitative estimate of drug-likeness (QED) is 0.290. The molecule has 0 aliphatic heterocycles. The van der Waals surface area contributed by atoms with Crippen LogP contribution in [0.4, 0.5) is 0 Å². The topological polar surface area (TPSA) is 74.7 Å². The molecule has 1 aromatic rings. The molecular formula is C24H39NO5. The Hall–Kier alpha value is -1.95. The van der Waals surface area contributed by atoms with Crippen molar-refractivity contribution in [2.75, 3.05) is 20.3 Å². The number of unbranched alkanes of at least 4 members (excludes halogenated alkanes) is 2. The van der Waals surface area contributed by atoms with Crippen LogP contribution >= 0.6 is 0 Å². The van der Waals surface area contributed by atoms with Gasteiger partial charge in [0.15, 0.2) is 0 Å². The lowest BCUT2D eigenvalue weighted by Crippen LogP contribution is -2.30. The summed E-state index contributed by atoms with van der Waals surface area (Å²) in [5.41, 5.74) is -0.0149. The van der Waals surface area contributed by atoms with Crippen LogP contribution in [0, 0.1) is 10.8 Å². The number of rotatable bonds is 15. The lowest BCUT2D eigenvalue weighted by Gasteiger charge is -2.27. The first kappa shape index (κ1) is 26.1. The zero-order valence-corrected chi connectivity index (χ0v) is 19.4. The SMILES string of the molecule is CCC(C)(CCCCCC(C)(CC)C(=O)OCc1ccncc1)C(=O)OCCOC. The second-order valence-electron chi connectivity index (χ2n) is 8.45. The fourth-order valence-electron chi connectivity index (χ4n) is 3.25. The van der Waals surface area contributed by atoms with Crippen LogP contribution in [0.3, 0.4) is 0 Å². The Morgan fingerprint density at radius 2 is 1.40 bits per heavy atom. The molecule has 0 saturated heterocycles. The predicted octanol–water partition coefficient (Wildman–Crippen LogP) is 5.10. The minimum Gasteiger partial charge on any atom is -0.463 e. The van der Waals surface area contributed by atoms with Gasteiger partial charge in [-0.2, -0.15) is 0 Å². The van der Waals surface area contributed by atoms with E-state index in [1.165, 1.54) is 0 Å². The molecule has 1 heterocycles. The first-order chi connectivity index (χ1) is 14.3. The van der Waals surface area contributed by atoms with Crippen molar-refractivity contribution in [2.45, 2.75) is 79.2 Å². The maximum absolute atomic E-state index is 12.6. The van der Waals surface area contributed by atoms with E-state index in [-0.39, 0.29) is 18.5 Å². The summed E-state index contributed by atoms with van der Waals surface area (Å²) in [7, 11) is 1.59. The van der Waals surface area contributed by atoms with Crippen molar-refractivity contribution < 1.29 is 23.8 Å². The summed E-state index contributed by atoms with van der Waals surface area (Å²) >= 11 is 0. The highest BCUT2D eigenvalue weighted by atomic mass is 16.6. The lowest BCUT2D eigenvalue weighted by molar-refractivity contribution is -0.157. The number of hydrogen-bond acceptors (Lipinski definition) is 6. The monoisotopic (exact) mass is 421 g/mol. The number of carbonyl (C=O) groups excluding carboxylic acids is 2. The van der Waals surface area contributed by atoms with Crippen molar-refractivity contribution in [1.82, 2.24) is 4.98 Å². The number of ether oxygens (including phenoxy) is 3. The van der Waals surface area contributed by atoms with Crippen molar-refractivity contribution in [3.8, 4) is 0 Å². The highest BCUT2D eigenvalue weighted by Gasteiger charge is 2.34. The van der Waals surface area contributed by atoms with Gasteiger partial charge in [0.1, 0.15) is 13.2 Å². The summed E-state index contributed by atoms with van der Waals surface area (Å²) in [4.78, 5) is 29.0. The van der Waals surface area contributed by atoms with E-state index in [2.05, 4.69) is 4.98 Å². The molecule has 6 heteroatoms. The van der Waals surface area contributed by atoms with Gasteiger partial charge in [-0.3, -0.25) is 14.6 Å². The Morgan fingerprint density at radius 1 is 0.867 bits per heavy atom. The number of carbonyl (C=O) groups is 2. The van der Waals surface area contributed by atoms with Crippen molar-refractivity contribution in [2.24, 2.45) is 10.8 Å². The minimum absolute atomic E-state index is 0.151. The molecule has 0 aromatic carbocycles. The van der Waals surface area contributed by atoms with Gasteiger partial charge in [0.2, 0.25) is 0 Å². The summed E-state index contributed by atoms with van der Waals surface area (Å²) < 4.78 is 15.8. The summed E-state index contributed by atoms with van der Waals surface area (Å²) in [5.74, 6) is -0.304. The zero-order valence-electron chi connectivity index (χ0n) is 19.4. The third-order valence-electron chi connectivity index (χ3n) is 6.14. The van der Waals surface area contributed by atoms with Crippen molar-refractivity contribution in [3.63, 3.8) is 0 Å². The molecule has 30 heavy (non-hydrogen) atoms. The van der Waals surface area contributed by atoms with Gasteiger partial charge < -0.3 is 14.2 Å². The molecule has 0 amide bonds. The summed E-state index contributed by atoms with van der Waals surface area (Å²) in [6.07, 6.45) is 9.24. The Bertz CT molecular complexity index is 636. The van der Waals surface area contributed by atoms with E-state index in [0.29, 0.717) is 13.2 Å². The zero-order chi connectivity index (χ0) is 22.5. The molecule has 0 saturated carbocycles. The fraction of sp³-hybridized carbons (Fsp3) is 0.708. The largest absolute Gasteiger partial charge is 0.463 e. The van der Waals surface area contributed by atoms with Crippen LogP contribution < -0.4 is 0 Å². The Labute approximate surface area is 181 Å². The molecule has 0 aliphatic rings. The smallest absolute Gasteiger partial charge is 0.312 e. The Balaban J connectivity index is 2.41. The lowest BCUT2D eigenvalue weighted by atomic mass is 9.80. The molecule has 0 radical (unpaired) electrons. The second-order valence-corrected chi connectivity index (χ2v) is 8.45. The number of methoxy groups -OCH3 is 1. The van der Waals surface area contributed by atoms with Gasteiger partial charge in [0.05, 0.1) is 17.4 Å². The highest BCUT2D eigenvalue weighted by molar-refractivity contribution is 5.76. The Morgan fingerprint density at radius 3 is 1.90 bits per heavy atom. The minimum atomic E-state index is -0.486. The van der Waals surface area contributed by atoms with Gasteiger partial charge in [-0.15, -0.1) is 0 Å². The number of hydrogen-bond donors (Lipinski definition) is 0. The van der Waals surface area contributed by atoms with E-state index < -0.39 is 10.8 Å². The van der Waals surface area contributed by atoms with Gasteiger partial charge in [-0.05, 0) is 57.2 Å². The molecular weight excluding hydrogens is 382 g/mol. The summed E-state index contributed by atoms with van der Waals surface area (Å²) in [6.45, 7) is 8.97. The van der Waals surface area contributed by atoms with E-state index in [4.69, 9.17) is 14.2 Å². The number of pyridine rings is 1. The van der Waals surface area contributed by atoms with Crippen molar-refractivity contribution >= 4 is 11.9 Å². The molecule has 1 aromatic heterocycles. The van der Waals surface area contributed by atoms with Crippen LogP contribution in [-0.2, 0) is 30.4 Å². The summed E-state index contributed by atoms with van der Waals surface area (Å²) in [5, 5.41) is 0. The number of aromatic nitrogens is 1. The second kappa shape index (κ2) is 13.4. The molecule has 170 valence electrons. The van der Waals surface area contributed by atoms with Crippen molar-refractivity contribution in [1.29, 1.82) is 0 Å². The van der Waals surface area contributed by atoms with Gasteiger partial charge in [0, 0.05) is 19.5 Å². The van der Waals surface area contributed by atoms with Crippen LogP contribution in [0.1, 0.15) is 78.2 Å². The van der Waals surface area contributed by atoms with E-state index >= 15 is 0 Å². The molecule has 2 unspecified atom stereocenters. The van der Waals surface area contributed by atoms with Crippen LogP contribution in [0.2, 0.25) is 0 Å². The third-order valence-corrected chi connectivity index (χ3v) is 6.14. The van der Waals surface area contributed by atoms with E-state index in [1.54, 1.807) is 19.5 Å².